The summed E-state index contributed by atoms with van der Waals surface area (Å²) >= 11 is 6.23. The molecule has 2 aliphatic rings. The molecule has 0 aromatic heterocycles. The molecular formula is C24H26ClF3N2O6S2. The Morgan fingerprint density at radius 1 is 1.05 bits per heavy atom. The molecule has 2 aromatic rings. The second-order valence-corrected chi connectivity index (χ2v) is 14.4. The first-order valence-electron chi connectivity index (χ1n) is 11.8. The number of nitrogens with one attached hydrogen (secondary N) is 2. The van der Waals surface area contributed by atoms with Crippen LogP contribution in [0.25, 0.3) is 0 Å². The Kier molecular flexibility index (Phi) is 7.90. The third-order valence-electron chi connectivity index (χ3n) is 7.22. The minimum Gasteiger partial charge on any atom is -0.389 e. The number of hydrogen-bond acceptors (Lipinski definition) is 6. The van der Waals surface area contributed by atoms with E-state index in [1.54, 1.807) is 0 Å². The lowest BCUT2D eigenvalue weighted by molar-refractivity contribution is -0.0136. The van der Waals surface area contributed by atoms with Crippen LogP contribution < -0.4 is 10.0 Å². The van der Waals surface area contributed by atoms with Crippen molar-refractivity contribution in [2.45, 2.75) is 48.4 Å². The molecule has 2 bridgehead atoms. The molecule has 2 saturated carbocycles. The predicted molar refractivity (Wildman–Crippen MR) is 135 cm³/mol. The van der Waals surface area contributed by atoms with Crippen molar-refractivity contribution in [3.05, 3.63) is 58.4 Å². The molecule has 2 atom stereocenters. The molecule has 2 aromatic carbocycles. The lowest BCUT2D eigenvalue weighted by Crippen LogP contribution is -2.51. The van der Waals surface area contributed by atoms with Crippen molar-refractivity contribution < 1.29 is 39.9 Å². The Labute approximate surface area is 223 Å². The van der Waals surface area contributed by atoms with Crippen molar-refractivity contribution in [2.75, 3.05) is 17.6 Å². The Morgan fingerprint density at radius 3 is 2.18 bits per heavy atom. The molecule has 208 valence electrons. The first-order valence-corrected chi connectivity index (χ1v) is 15.4. The van der Waals surface area contributed by atoms with Crippen molar-refractivity contribution >= 4 is 43.1 Å². The fourth-order valence-corrected chi connectivity index (χ4v) is 9.01. The summed E-state index contributed by atoms with van der Waals surface area (Å²) in [5.74, 6) is -6.68. The van der Waals surface area contributed by atoms with E-state index in [9.17, 15) is 39.9 Å². The van der Waals surface area contributed by atoms with Crippen LogP contribution in [0.5, 0.6) is 0 Å². The number of anilines is 1. The summed E-state index contributed by atoms with van der Waals surface area (Å²) in [7, 11) is -7.65. The number of fused-ring (bicyclic) bond motifs is 2. The Bertz CT molecular complexity index is 1450. The van der Waals surface area contributed by atoms with Gasteiger partial charge in [-0.15, -0.1) is 0 Å². The number of carbonyl (C=O) groups excluding carboxylic acids is 1. The normalized spacial score (nSPS) is 25.4. The number of carbonyl (C=O) groups is 1. The molecule has 2 fully saturated rings. The number of amides is 1. The topological polar surface area (TPSA) is 130 Å². The van der Waals surface area contributed by atoms with Crippen molar-refractivity contribution in [2.24, 2.45) is 11.8 Å². The summed E-state index contributed by atoms with van der Waals surface area (Å²) in [6, 6.07) is 4.70. The quantitative estimate of drug-likeness (QED) is 0.400. The van der Waals surface area contributed by atoms with Gasteiger partial charge in [-0.3, -0.25) is 4.79 Å². The average molecular weight is 595 g/mol. The van der Waals surface area contributed by atoms with Crippen LogP contribution in [0.3, 0.4) is 0 Å². The second kappa shape index (κ2) is 10.4. The van der Waals surface area contributed by atoms with Crippen molar-refractivity contribution in [1.29, 1.82) is 0 Å². The molecule has 1 amide bonds. The van der Waals surface area contributed by atoms with Crippen LogP contribution in [0.2, 0.25) is 5.02 Å². The molecule has 0 aliphatic heterocycles. The molecule has 0 radical (unpaired) electrons. The van der Waals surface area contributed by atoms with E-state index in [2.05, 4.69) is 10.0 Å². The number of benzene rings is 2. The molecule has 4 rings (SSSR count). The summed E-state index contributed by atoms with van der Waals surface area (Å²) in [6.07, 6.45) is 1.16. The lowest BCUT2D eigenvalue weighted by Gasteiger charge is -2.41. The van der Waals surface area contributed by atoms with E-state index in [-0.39, 0.29) is 46.3 Å². The number of halogens is 4. The third-order valence-corrected chi connectivity index (χ3v) is 11.4. The maximum atomic E-state index is 13.8. The van der Waals surface area contributed by atoms with E-state index in [0.717, 1.165) is 6.07 Å². The van der Waals surface area contributed by atoms with Gasteiger partial charge >= 0.3 is 0 Å². The van der Waals surface area contributed by atoms with Gasteiger partial charge in [-0.05, 0) is 62.6 Å². The maximum absolute atomic E-state index is 13.8. The standard InChI is InChI=1S/C24H26ClF3N2O6S2/c1-2-37(33,34)29-12-24(32)10-14-3-4-15(11-24)22(14)38(35,36)20-7-13(5-6-17(20)25)23(31)30-16-8-18(26)21(28)19(27)9-16/h5-9,14-15,22,29,32H,2-4,10-12H2,1H3,(H,30,31)/t14-,15-,22?,24?/m0/s1. The van der Waals surface area contributed by atoms with Crippen molar-refractivity contribution in [1.82, 2.24) is 4.72 Å². The van der Waals surface area contributed by atoms with Gasteiger partial charge in [-0.1, -0.05) is 11.6 Å². The zero-order valence-corrected chi connectivity index (χ0v) is 22.6. The van der Waals surface area contributed by atoms with Crippen molar-refractivity contribution in [3.63, 3.8) is 0 Å². The third kappa shape index (κ3) is 5.71. The van der Waals surface area contributed by atoms with Crippen LogP contribution in [0.15, 0.2) is 35.2 Å². The van der Waals surface area contributed by atoms with Crippen LogP contribution in [0.4, 0.5) is 18.9 Å². The smallest absolute Gasteiger partial charge is 0.255 e. The zero-order chi connectivity index (χ0) is 28.0. The van der Waals surface area contributed by atoms with Gasteiger partial charge in [0.1, 0.15) is 0 Å². The van der Waals surface area contributed by atoms with Gasteiger partial charge in [0.2, 0.25) is 10.0 Å². The molecule has 38 heavy (non-hydrogen) atoms. The molecule has 0 heterocycles. The minimum atomic E-state index is -4.11. The predicted octanol–water partition coefficient (Wildman–Crippen LogP) is 3.64. The maximum Gasteiger partial charge on any atom is 0.255 e. The Morgan fingerprint density at radius 2 is 1.63 bits per heavy atom. The van der Waals surface area contributed by atoms with E-state index in [1.807, 2.05) is 0 Å². The highest BCUT2D eigenvalue weighted by molar-refractivity contribution is 7.92. The minimum absolute atomic E-state index is 0.0686. The van der Waals surface area contributed by atoms with E-state index in [1.165, 1.54) is 19.1 Å². The highest BCUT2D eigenvalue weighted by Crippen LogP contribution is 2.51. The molecule has 0 saturated heterocycles. The van der Waals surface area contributed by atoms with Crippen LogP contribution in [0, 0.1) is 29.3 Å². The molecular weight excluding hydrogens is 569 g/mol. The fourth-order valence-electron chi connectivity index (χ4n) is 5.48. The first kappa shape index (κ1) is 28.8. The van der Waals surface area contributed by atoms with Gasteiger partial charge in [0, 0.05) is 29.9 Å². The van der Waals surface area contributed by atoms with Crippen LogP contribution in [-0.4, -0.2) is 51.0 Å². The fraction of sp³-hybridized carbons (Fsp3) is 0.458. The number of aliphatic hydroxyl groups is 1. The largest absolute Gasteiger partial charge is 0.389 e. The summed E-state index contributed by atoms with van der Waals surface area (Å²) in [4.78, 5) is 12.4. The second-order valence-electron chi connectivity index (χ2n) is 9.82. The van der Waals surface area contributed by atoms with E-state index in [0.29, 0.717) is 25.0 Å². The molecule has 14 heteroatoms. The van der Waals surface area contributed by atoms with E-state index >= 15 is 0 Å². The summed E-state index contributed by atoms with van der Waals surface area (Å²) in [5.41, 5.74) is -1.92. The Balaban J connectivity index is 1.57. The van der Waals surface area contributed by atoms with Gasteiger partial charge < -0.3 is 10.4 Å². The SMILES string of the molecule is CCS(=O)(=O)NCC1(O)C[C@@H]2CC[C@@H](C1)C2S(=O)(=O)c1cc(C(=O)Nc2cc(F)c(F)c(F)c2)ccc1Cl. The summed E-state index contributed by atoms with van der Waals surface area (Å²) < 4.78 is 93.8. The number of sulfonamides is 1. The van der Waals surface area contributed by atoms with Crippen molar-refractivity contribution in [3.8, 4) is 0 Å². The van der Waals surface area contributed by atoms with Crippen LogP contribution >= 0.6 is 11.6 Å². The van der Waals surface area contributed by atoms with E-state index < -0.39 is 65.9 Å². The molecule has 2 aliphatic carbocycles. The summed E-state index contributed by atoms with van der Waals surface area (Å²) in [5, 5.41) is 12.2. The number of sulfone groups is 1. The molecule has 0 unspecified atom stereocenters. The number of rotatable bonds is 8. The Hall–Kier alpha value is -2.19. The number of hydrogen-bond donors (Lipinski definition) is 3. The van der Waals surface area contributed by atoms with Gasteiger partial charge in [0.15, 0.2) is 27.3 Å². The first-order chi connectivity index (χ1) is 17.7. The molecule has 3 N–H and O–H groups in total. The monoisotopic (exact) mass is 594 g/mol. The zero-order valence-electron chi connectivity index (χ0n) is 20.2. The lowest BCUT2D eigenvalue weighted by atomic mass is 9.77. The van der Waals surface area contributed by atoms with Gasteiger partial charge in [-0.2, -0.15) is 0 Å². The highest BCUT2D eigenvalue weighted by atomic mass is 35.5. The van der Waals surface area contributed by atoms with Gasteiger partial charge in [0.25, 0.3) is 5.91 Å². The molecule has 8 nitrogen and oxygen atoms in total. The van der Waals surface area contributed by atoms with Gasteiger partial charge in [-0.25, -0.2) is 34.7 Å². The average Bonchev–Trinajstić information content (AvgIpc) is 3.14. The summed E-state index contributed by atoms with van der Waals surface area (Å²) in [6.45, 7) is 1.25. The van der Waals surface area contributed by atoms with Gasteiger partial charge in [0.05, 0.1) is 26.5 Å². The van der Waals surface area contributed by atoms with Crippen LogP contribution in [0.1, 0.15) is 43.0 Å². The van der Waals surface area contributed by atoms with E-state index in [4.69, 9.17) is 11.6 Å². The highest BCUT2D eigenvalue weighted by Gasteiger charge is 2.54. The van der Waals surface area contributed by atoms with Crippen LogP contribution in [-0.2, 0) is 19.9 Å². The molecule has 0 spiro atoms.